The summed E-state index contributed by atoms with van der Waals surface area (Å²) in [6.07, 6.45) is 0. The molecular formula is C21H21NO4. The van der Waals surface area contributed by atoms with Gasteiger partial charge in [0.15, 0.2) is 0 Å². The minimum atomic E-state index is 0.0204. The van der Waals surface area contributed by atoms with Crippen LogP contribution < -0.4 is 9.47 Å². The molecule has 0 aliphatic rings. The molecule has 0 bridgehead atoms. The Hall–Kier alpha value is -2.89. The van der Waals surface area contributed by atoms with Crippen molar-refractivity contribution < 1.29 is 19.7 Å². The lowest BCUT2D eigenvalue weighted by atomic mass is 10.2. The van der Waals surface area contributed by atoms with Crippen molar-refractivity contribution in [3.8, 4) is 11.5 Å². The summed E-state index contributed by atoms with van der Waals surface area (Å²) in [7, 11) is 0. The Bertz CT molecular complexity index is 749. The highest BCUT2D eigenvalue weighted by Gasteiger charge is 2.02. The van der Waals surface area contributed by atoms with Gasteiger partial charge in [-0.15, -0.1) is 0 Å². The smallest absolute Gasteiger partial charge is 0.130 e. The number of pyridine rings is 1. The van der Waals surface area contributed by atoms with Crippen molar-refractivity contribution in [1.29, 1.82) is 0 Å². The predicted molar refractivity (Wildman–Crippen MR) is 97.6 cm³/mol. The summed E-state index contributed by atoms with van der Waals surface area (Å²) in [4.78, 5) is 4.54. The Morgan fingerprint density at radius 1 is 0.615 bits per heavy atom. The van der Waals surface area contributed by atoms with Crippen LogP contribution in [-0.2, 0) is 26.4 Å². The summed E-state index contributed by atoms with van der Waals surface area (Å²) >= 11 is 0. The number of aliphatic hydroxyl groups excluding tert-OH is 2. The van der Waals surface area contributed by atoms with Gasteiger partial charge >= 0.3 is 0 Å². The Labute approximate surface area is 152 Å². The van der Waals surface area contributed by atoms with E-state index in [2.05, 4.69) is 4.98 Å². The molecule has 0 radical (unpaired) electrons. The maximum absolute atomic E-state index is 9.05. The molecule has 0 saturated carbocycles. The second kappa shape index (κ2) is 8.99. The zero-order valence-electron chi connectivity index (χ0n) is 14.3. The molecule has 0 aliphatic carbocycles. The first-order chi connectivity index (χ1) is 12.8. The van der Waals surface area contributed by atoms with Gasteiger partial charge in [0, 0.05) is 0 Å². The first-order valence-corrected chi connectivity index (χ1v) is 8.37. The van der Waals surface area contributed by atoms with Gasteiger partial charge in [0.25, 0.3) is 0 Å². The van der Waals surface area contributed by atoms with E-state index in [1.165, 1.54) is 0 Å². The molecule has 0 atom stereocenters. The van der Waals surface area contributed by atoms with Crippen LogP contribution in [0.3, 0.4) is 0 Å². The van der Waals surface area contributed by atoms with Crippen molar-refractivity contribution >= 4 is 0 Å². The van der Waals surface area contributed by atoms with Crippen LogP contribution in [0.15, 0.2) is 66.7 Å². The molecule has 5 heteroatoms. The lowest BCUT2D eigenvalue weighted by molar-refractivity contribution is 0.279. The van der Waals surface area contributed by atoms with Gasteiger partial charge in [-0.3, -0.25) is 4.98 Å². The van der Waals surface area contributed by atoms with E-state index in [1.807, 2.05) is 66.7 Å². The largest absolute Gasteiger partial charge is 0.487 e. The van der Waals surface area contributed by atoms with Gasteiger partial charge in [0.2, 0.25) is 0 Å². The highest BCUT2D eigenvalue weighted by molar-refractivity contribution is 5.28. The third-order valence-electron chi connectivity index (χ3n) is 3.85. The van der Waals surface area contributed by atoms with E-state index >= 15 is 0 Å². The van der Waals surface area contributed by atoms with Crippen molar-refractivity contribution in [2.24, 2.45) is 0 Å². The number of ether oxygens (including phenoxy) is 2. The molecule has 0 spiro atoms. The van der Waals surface area contributed by atoms with Gasteiger partial charge < -0.3 is 19.7 Å². The second-order valence-electron chi connectivity index (χ2n) is 5.80. The van der Waals surface area contributed by atoms with E-state index in [-0.39, 0.29) is 13.2 Å². The summed E-state index contributed by atoms with van der Waals surface area (Å²) in [6, 6.07) is 20.4. The minimum Gasteiger partial charge on any atom is -0.487 e. The Balaban J connectivity index is 1.55. The van der Waals surface area contributed by atoms with E-state index in [1.54, 1.807) is 0 Å². The summed E-state index contributed by atoms with van der Waals surface area (Å²) in [6.45, 7) is 0.758. The van der Waals surface area contributed by atoms with Crippen molar-refractivity contribution in [1.82, 2.24) is 4.98 Å². The Morgan fingerprint density at radius 3 is 1.42 bits per heavy atom. The molecule has 0 saturated heterocycles. The van der Waals surface area contributed by atoms with E-state index in [0.29, 0.717) is 13.2 Å². The number of aliphatic hydroxyl groups is 2. The third-order valence-corrected chi connectivity index (χ3v) is 3.85. The average molecular weight is 351 g/mol. The van der Waals surface area contributed by atoms with Crippen LogP contribution in [-0.4, -0.2) is 15.2 Å². The number of nitrogens with zero attached hydrogens (tertiary/aromatic N) is 1. The summed E-state index contributed by atoms with van der Waals surface area (Å²) in [5, 5.41) is 18.1. The van der Waals surface area contributed by atoms with Crippen LogP contribution in [0.1, 0.15) is 22.5 Å². The van der Waals surface area contributed by atoms with Gasteiger partial charge in [0.05, 0.1) is 24.6 Å². The zero-order chi connectivity index (χ0) is 18.2. The standard InChI is InChI=1S/C21H21NO4/c23-12-16-4-8-20(9-5-16)25-14-18-2-1-3-19(22-18)15-26-21-10-6-17(13-24)7-11-21/h1-11,23-24H,12-15H2. The number of benzene rings is 2. The maximum atomic E-state index is 9.05. The molecule has 0 unspecified atom stereocenters. The molecular weight excluding hydrogens is 330 g/mol. The quantitative estimate of drug-likeness (QED) is 0.652. The molecule has 2 aromatic carbocycles. The number of hydrogen-bond acceptors (Lipinski definition) is 5. The van der Waals surface area contributed by atoms with Crippen molar-refractivity contribution in [3.63, 3.8) is 0 Å². The van der Waals surface area contributed by atoms with Crippen LogP contribution in [0, 0.1) is 0 Å². The molecule has 1 heterocycles. The fourth-order valence-corrected chi connectivity index (χ4v) is 2.39. The molecule has 0 amide bonds. The van der Waals surface area contributed by atoms with Gasteiger partial charge in [0.1, 0.15) is 24.7 Å². The molecule has 3 aromatic rings. The van der Waals surface area contributed by atoms with Crippen LogP contribution in [0.5, 0.6) is 11.5 Å². The van der Waals surface area contributed by atoms with E-state index in [9.17, 15) is 0 Å². The van der Waals surface area contributed by atoms with Crippen molar-refractivity contribution in [2.45, 2.75) is 26.4 Å². The normalized spacial score (nSPS) is 10.5. The second-order valence-corrected chi connectivity index (χ2v) is 5.80. The van der Waals surface area contributed by atoms with Gasteiger partial charge in [-0.1, -0.05) is 30.3 Å². The first-order valence-electron chi connectivity index (χ1n) is 8.37. The lowest BCUT2D eigenvalue weighted by Gasteiger charge is -2.09. The minimum absolute atomic E-state index is 0.0204. The van der Waals surface area contributed by atoms with E-state index in [0.717, 1.165) is 34.0 Å². The summed E-state index contributed by atoms with van der Waals surface area (Å²) in [5.41, 5.74) is 3.32. The zero-order valence-corrected chi connectivity index (χ0v) is 14.3. The van der Waals surface area contributed by atoms with Crippen LogP contribution >= 0.6 is 0 Å². The molecule has 0 fully saturated rings. The average Bonchev–Trinajstić information content (AvgIpc) is 2.72. The topological polar surface area (TPSA) is 71.8 Å². The Kier molecular flexibility index (Phi) is 6.19. The van der Waals surface area contributed by atoms with Crippen molar-refractivity contribution in [2.75, 3.05) is 0 Å². The van der Waals surface area contributed by atoms with Gasteiger partial charge in [-0.2, -0.15) is 0 Å². The van der Waals surface area contributed by atoms with E-state index in [4.69, 9.17) is 19.7 Å². The molecule has 134 valence electrons. The van der Waals surface area contributed by atoms with Gasteiger partial charge in [-0.05, 0) is 47.5 Å². The fraction of sp³-hybridized carbons (Fsp3) is 0.190. The molecule has 3 rings (SSSR count). The summed E-state index contributed by atoms with van der Waals surface area (Å²) < 4.78 is 11.5. The predicted octanol–water partition coefficient (Wildman–Crippen LogP) is 3.22. The number of aromatic nitrogens is 1. The number of hydrogen-bond donors (Lipinski definition) is 2. The monoisotopic (exact) mass is 351 g/mol. The first kappa shape index (κ1) is 17.9. The molecule has 5 nitrogen and oxygen atoms in total. The highest BCUT2D eigenvalue weighted by atomic mass is 16.5. The van der Waals surface area contributed by atoms with Crippen LogP contribution in [0.25, 0.3) is 0 Å². The van der Waals surface area contributed by atoms with Crippen molar-refractivity contribution in [3.05, 3.63) is 89.2 Å². The van der Waals surface area contributed by atoms with Crippen LogP contribution in [0.2, 0.25) is 0 Å². The number of rotatable bonds is 8. The highest BCUT2D eigenvalue weighted by Crippen LogP contribution is 2.15. The summed E-state index contributed by atoms with van der Waals surface area (Å²) in [5.74, 6) is 1.46. The Morgan fingerprint density at radius 2 is 1.04 bits per heavy atom. The lowest BCUT2D eigenvalue weighted by Crippen LogP contribution is -2.03. The maximum Gasteiger partial charge on any atom is 0.130 e. The SMILES string of the molecule is OCc1ccc(OCc2cccc(COc3ccc(CO)cc3)n2)cc1. The van der Waals surface area contributed by atoms with Crippen LogP contribution in [0.4, 0.5) is 0 Å². The molecule has 2 N–H and O–H groups in total. The molecule has 1 aromatic heterocycles. The van der Waals surface area contributed by atoms with E-state index < -0.39 is 0 Å². The third kappa shape index (κ3) is 5.05. The molecule has 0 aliphatic heterocycles. The van der Waals surface area contributed by atoms with Gasteiger partial charge in [-0.25, -0.2) is 0 Å². The fourth-order valence-electron chi connectivity index (χ4n) is 2.39. The molecule has 26 heavy (non-hydrogen) atoms.